The summed E-state index contributed by atoms with van der Waals surface area (Å²) in [5.74, 6) is 0.563. The zero-order valence-electron chi connectivity index (χ0n) is 9.31. The lowest BCUT2D eigenvalue weighted by Crippen LogP contribution is -2.09. The number of nitrogen functional groups attached to an aromatic ring is 1. The number of nitrogens with two attached hydrogens (primary N) is 1. The third kappa shape index (κ3) is 2.11. The lowest BCUT2D eigenvalue weighted by Gasteiger charge is -2.15. The Hall–Kier alpha value is -1.29. The number of aryl methyl sites for hydroxylation is 1. The molecule has 1 aromatic carbocycles. The molecule has 84 valence electrons. The third-order valence-electron chi connectivity index (χ3n) is 2.65. The summed E-state index contributed by atoms with van der Waals surface area (Å²) in [6, 6.07) is 8.44. The normalized spacial score (nSPS) is 12.7. The highest BCUT2D eigenvalue weighted by atomic mass is 79.9. The topological polar surface area (TPSA) is 43.8 Å². The number of halogens is 1. The van der Waals surface area contributed by atoms with Crippen molar-refractivity contribution in [3.8, 4) is 0 Å². The van der Waals surface area contributed by atoms with E-state index in [9.17, 15) is 0 Å². The molecule has 1 heterocycles. The van der Waals surface area contributed by atoms with Gasteiger partial charge in [0.05, 0.1) is 11.7 Å². The maximum Gasteiger partial charge on any atom is 0.200 e. The highest BCUT2D eigenvalue weighted by Crippen LogP contribution is 2.22. The number of hydrogen-bond donors (Lipinski definition) is 1. The molecule has 3 nitrogen and oxygen atoms in total. The number of anilines is 1. The summed E-state index contributed by atoms with van der Waals surface area (Å²) in [7, 11) is 0. The van der Waals surface area contributed by atoms with Gasteiger partial charge in [-0.2, -0.15) is 0 Å². The Kier molecular flexibility index (Phi) is 3.01. The average molecular weight is 280 g/mol. The molecule has 0 aliphatic rings. The van der Waals surface area contributed by atoms with Crippen LogP contribution in [0.15, 0.2) is 34.9 Å². The quantitative estimate of drug-likeness (QED) is 0.918. The van der Waals surface area contributed by atoms with E-state index in [0.717, 1.165) is 10.2 Å². The van der Waals surface area contributed by atoms with Gasteiger partial charge in [-0.1, -0.05) is 28.1 Å². The molecule has 4 heteroatoms. The van der Waals surface area contributed by atoms with Crippen molar-refractivity contribution in [1.29, 1.82) is 0 Å². The highest BCUT2D eigenvalue weighted by molar-refractivity contribution is 9.10. The summed E-state index contributed by atoms with van der Waals surface area (Å²) in [5.41, 5.74) is 8.01. The fourth-order valence-corrected chi connectivity index (χ4v) is 2.01. The number of hydrogen-bond acceptors (Lipinski definition) is 2. The molecule has 1 atom stereocenters. The molecule has 1 aromatic heterocycles. The molecule has 2 rings (SSSR count). The van der Waals surface area contributed by atoms with Gasteiger partial charge in [-0.05, 0) is 31.5 Å². The summed E-state index contributed by atoms with van der Waals surface area (Å²) in [5, 5.41) is 0. The van der Waals surface area contributed by atoms with Crippen LogP contribution in [0.2, 0.25) is 0 Å². The number of imidazole rings is 1. The van der Waals surface area contributed by atoms with Crippen molar-refractivity contribution < 1.29 is 0 Å². The molecule has 1 unspecified atom stereocenters. The molecule has 0 amide bonds. The largest absolute Gasteiger partial charge is 0.369 e. The zero-order valence-corrected chi connectivity index (χ0v) is 10.9. The molecule has 2 N–H and O–H groups in total. The van der Waals surface area contributed by atoms with Crippen LogP contribution in [0.4, 0.5) is 5.95 Å². The lowest BCUT2D eigenvalue weighted by atomic mass is 10.1. The molecule has 0 aliphatic heterocycles. The number of nitrogens with zero attached hydrogens (tertiary/aromatic N) is 2. The first-order valence-electron chi connectivity index (χ1n) is 5.14. The van der Waals surface area contributed by atoms with Crippen LogP contribution >= 0.6 is 15.9 Å². The van der Waals surface area contributed by atoms with Crippen molar-refractivity contribution in [2.24, 2.45) is 0 Å². The van der Waals surface area contributed by atoms with Crippen LogP contribution in [0.3, 0.4) is 0 Å². The van der Waals surface area contributed by atoms with Gasteiger partial charge < -0.3 is 10.3 Å². The Balaban J connectivity index is 2.35. The SMILES string of the molecule is Cc1cn(C(C)c2ccc(Br)cc2)c(N)n1. The third-order valence-corrected chi connectivity index (χ3v) is 3.18. The predicted octanol–water partition coefficient (Wildman–Crippen LogP) is 3.15. The van der Waals surface area contributed by atoms with Gasteiger partial charge in [0.2, 0.25) is 5.95 Å². The van der Waals surface area contributed by atoms with E-state index in [0.29, 0.717) is 5.95 Å². The van der Waals surface area contributed by atoms with E-state index in [2.05, 4.69) is 40.0 Å². The monoisotopic (exact) mass is 279 g/mol. The van der Waals surface area contributed by atoms with Crippen molar-refractivity contribution in [3.05, 3.63) is 46.2 Å². The summed E-state index contributed by atoms with van der Waals surface area (Å²) in [6.07, 6.45) is 1.97. The second-order valence-electron chi connectivity index (χ2n) is 3.88. The molecule has 0 aliphatic carbocycles. The molecule has 16 heavy (non-hydrogen) atoms. The zero-order chi connectivity index (χ0) is 11.7. The van der Waals surface area contributed by atoms with E-state index in [4.69, 9.17) is 5.73 Å². The van der Waals surface area contributed by atoms with Gasteiger partial charge in [-0.25, -0.2) is 4.98 Å². The van der Waals surface area contributed by atoms with Crippen LogP contribution in [0.1, 0.15) is 24.2 Å². The second-order valence-corrected chi connectivity index (χ2v) is 4.79. The summed E-state index contributed by atoms with van der Waals surface area (Å²) in [6.45, 7) is 4.06. The van der Waals surface area contributed by atoms with Crippen LogP contribution in [-0.2, 0) is 0 Å². The Bertz CT molecular complexity index is 487. The van der Waals surface area contributed by atoms with Gasteiger partial charge >= 0.3 is 0 Å². The fourth-order valence-electron chi connectivity index (χ4n) is 1.75. The minimum atomic E-state index is 0.203. The minimum Gasteiger partial charge on any atom is -0.369 e. The first-order valence-corrected chi connectivity index (χ1v) is 5.93. The van der Waals surface area contributed by atoms with E-state index in [1.54, 1.807) is 0 Å². The van der Waals surface area contributed by atoms with Crippen LogP contribution in [0.5, 0.6) is 0 Å². The van der Waals surface area contributed by atoms with Gasteiger partial charge in [0.1, 0.15) is 0 Å². The highest BCUT2D eigenvalue weighted by Gasteiger charge is 2.11. The molecular weight excluding hydrogens is 266 g/mol. The van der Waals surface area contributed by atoms with Gasteiger partial charge in [-0.3, -0.25) is 0 Å². The summed E-state index contributed by atoms with van der Waals surface area (Å²) < 4.78 is 3.07. The Morgan fingerprint density at radius 2 is 1.94 bits per heavy atom. The summed E-state index contributed by atoms with van der Waals surface area (Å²) in [4.78, 5) is 4.21. The van der Waals surface area contributed by atoms with Crippen LogP contribution in [-0.4, -0.2) is 9.55 Å². The van der Waals surface area contributed by atoms with Gasteiger partial charge in [-0.15, -0.1) is 0 Å². The number of aromatic nitrogens is 2. The van der Waals surface area contributed by atoms with E-state index in [1.165, 1.54) is 5.56 Å². The summed E-state index contributed by atoms with van der Waals surface area (Å²) >= 11 is 3.43. The molecule has 0 fully saturated rings. The Morgan fingerprint density at radius 1 is 1.31 bits per heavy atom. The van der Waals surface area contributed by atoms with Crippen molar-refractivity contribution in [2.75, 3.05) is 5.73 Å². The Labute approximate surface area is 103 Å². The smallest absolute Gasteiger partial charge is 0.200 e. The van der Waals surface area contributed by atoms with Crippen LogP contribution in [0, 0.1) is 6.92 Å². The van der Waals surface area contributed by atoms with Crippen LogP contribution < -0.4 is 5.73 Å². The molecule has 2 aromatic rings. The number of benzene rings is 1. The standard InChI is InChI=1S/C12H14BrN3/c1-8-7-16(12(14)15-8)9(2)10-3-5-11(13)6-4-10/h3-7,9H,1-2H3,(H2,14,15). The maximum atomic E-state index is 5.85. The van der Waals surface area contributed by atoms with E-state index in [1.807, 2.05) is 29.8 Å². The molecule has 0 spiro atoms. The second kappa shape index (κ2) is 4.29. The predicted molar refractivity (Wildman–Crippen MR) is 69.3 cm³/mol. The molecule has 0 bridgehead atoms. The first-order chi connectivity index (χ1) is 7.58. The van der Waals surface area contributed by atoms with Crippen molar-refractivity contribution in [2.45, 2.75) is 19.9 Å². The van der Waals surface area contributed by atoms with Crippen LogP contribution in [0.25, 0.3) is 0 Å². The first kappa shape index (κ1) is 11.2. The lowest BCUT2D eigenvalue weighted by molar-refractivity contribution is 0.648. The maximum absolute atomic E-state index is 5.85. The fraction of sp³-hybridized carbons (Fsp3) is 0.250. The van der Waals surface area contributed by atoms with E-state index < -0.39 is 0 Å². The number of rotatable bonds is 2. The van der Waals surface area contributed by atoms with Crippen molar-refractivity contribution >= 4 is 21.9 Å². The molecule has 0 saturated carbocycles. The molecule has 0 radical (unpaired) electrons. The molecule has 0 saturated heterocycles. The van der Waals surface area contributed by atoms with Crippen molar-refractivity contribution in [1.82, 2.24) is 9.55 Å². The van der Waals surface area contributed by atoms with Gasteiger partial charge in [0.15, 0.2) is 0 Å². The Morgan fingerprint density at radius 3 is 2.44 bits per heavy atom. The average Bonchev–Trinajstić information content (AvgIpc) is 2.58. The van der Waals surface area contributed by atoms with Gasteiger partial charge in [0.25, 0.3) is 0 Å². The van der Waals surface area contributed by atoms with E-state index >= 15 is 0 Å². The molecular formula is C12H14BrN3. The van der Waals surface area contributed by atoms with E-state index in [-0.39, 0.29) is 6.04 Å². The van der Waals surface area contributed by atoms with Crippen molar-refractivity contribution in [3.63, 3.8) is 0 Å². The minimum absolute atomic E-state index is 0.203. The van der Waals surface area contributed by atoms with Gasteiger partial charge in [0, 0.05) is 10.7 Å².